The number of aliphatic hydroxyl groups excluding tert-OH is 1. The zero-order valence-electron chi connectivity index (χ0n) is 28.5. The zero-order chi connectivity index (χ0) is 35.5. The summed E-state index contributed by atoms with van der Waals surface area (Å²) in [5, 5.41) is 19.9. The molecule has 9 nitrogen and oxygen atoms in total. The van der Waals surface area contributed by atoms with Gasteiger partial charge in [0.15, 0.2) is 0 Å². The molecule has 2 aromatic rings. The van der Waals surface area contributed by atoms with E-state index >= 15 is 4.39 Å². The van der Waals surface area contributed by atoms with Gasteiger partial charge in [0.25, 0.3) is 5.91 Å². The first-order valence-corrected chi connectivity index (χ1v) is 17.8. The molecule has 4 unspecified atom stereocenters. The molecule has 13 heteroatoms. The van der Waals surface area contributed by atoms with Crippen LogP contribution in [0.5, 0.6) is 0 Å². The number of aliphatic hydroxyl groups is 1. The van der Waals surface area contributed by atoms with Crippen molar-refractivity contribution in [2.75, 3.05) is 11.9 Å². The number of carbonyl (C=O) groups is 3. The molecular formula is C36H49F4N5O4. The van der Waals surface area contributed by atoms with Gasteiger partial charge in [-0.3, -0.25) is 19.1 Å². The Morgan fingerprint density at radius 1 is 0.939 bits per heavy atom. The summed E-state index contributed by atoms with van der Waals surface area (Å²) >= 11 is 0. The van der Waals surface area contributed by atoms with Crippen molar-refractivity contribution in [3.63, 3.8) is 0 Å². The van der Waals surface area contributed by atoms with Crippen molar-refractivity contribution in [3.05, 3.63) is 47.5 Å². The number of carbonyl (C=O) groups excluding carboxylic acids is 3. The average molecular weight is 692 g/mol. The molecule has 2 saturated carbocycles. The minimum absolute atomic E-state index is 0.0905. The van der Waals surface area contributed by atoms with E-state index in [9.17, 15) is 32.7 Å². The second kappa shape index (κ2) is 15.6. The number of anilines is 1. The molecule has 1 aromatic heterocycles. The Morgan fingerprint density at radius 2 is 1.55 bits per heavy atom. The maximum atomic E-state index is 15.7. The summed E-state index contributed by atoms with van der Waals surface area (Å²) in [6.45, 7) is 4.74. The molecule has 0 radical (unpaired) electrons. The second-order valence-electron chi connectivity index (χ2n) is 14.5. The van der Waals surface area contributed by atoms with Gasteiger partial charge < -0.3 is 20.6 Å². The first-order valence-electron chi connectivity index (χ1n) is 17.8. The standard InChI is InChI=1S/C36H49F4N5O4/c1-21(2)45-29(16-17-41-45)33(47)43-32(31(23-10-6-4-7-11-23)24-12-8-5-9-13-24)34(48)42-28-15-14-25(18-27(28)37)22(3)35(49)44-20-26(46)19-30(44)36(38,39)40/h14-18,21-24,26,30-32,46H,4-13,19-20H2,1-3H3,(H,42,48)(H,43,47). The van der Waals surface area contributed by atoms with E-state index in [1.165, 1.54) is 19.1 Å². The van der Waals surface area contributed by atoms with Crippen molar-refractivity contribution in [2.24, 2.45) is 17.8 Å². The smallest absolute Gasteiger partial charge is 0.391 e. The highest BCUT2D eigenvalue weighted by Crippen LogP contribution is 2.42. The number of hydrogen-bond donors (Lipinski definition) is 3. The average Bonchev–Trinajstić information content (AvgIpc) is 3.73. The number of likely N-dealkylation sites (tertiary alicyclic amines) is 1. The Bertz CT molecular complexity index is 1450. The van der Waals surface area contributed by atoms with Crippen molar-refractivity contribution in [1.82, 2.24) is 20.0 Å². The monoisotopic (exact) mass is 691 g/mol. The van der Waals surface area contributed by atoms with E-state index in [1.54, 1.807) is 16.9 Å². The molecule has 1 saturated heterocycles. The van der Waals surface area contributed by atoms with Crippen LogP contribution < -0.4 is 10.6 Å². The summed E-state index contributed by atoms with van der Waals surface area (Å²) in [5.41, 5.74) is 0.305. The minimum atomic E-state index is -4.71. The normalized spacial score (nSPS) is 22.4. The SMILES string of the molecule is CC(C(=O)N1CC(O)CC1C(F)(F)F)c1ccc(NC(=O)C(NC(=O)c2ccnn2C(C)C)C(C2CCCCC2)C2CCCCC2)c(F)c1. The van der Waals surface area contributed by atoms with Crippen molar-refractivity contribution in [1.29, 1.82) is 0 Å². The molecule has 0 bridgehead atoms. The van der Waals surface area contributed by atoms with Gasteiger partial charge in [0.1, 0.15) is 23.6 Å². The van der Waals surface area contributed by atoms with Gasteiger partial charge >= 0.3 is 6.18 Å². The molecular weight excluding hydrogens is 642 g/mol. The fraction of sp³-hybridized carbons (Fsp3) is 0.667. The Balaban J connectivity index is 1.40. The first-order chi connectivity index (χ1) is 23.3. The van der Waals surface area contributed by atoms with Crippen molar-refractivity contribution < 1.29 is 37.1 Å². The third kappa shape index (κ3) is 8.46. The van der Waals surface area contributed by atoms with Crippen LogP contribution in [0, 0.1) is 23.6 Å². The van der Waals surface area contributed by atoms with E-state index in [-0.39, 0.29) is 35.0 Å². The molecule has 2 aliphatic carbocycles. The number of β-amino-alcohol motifs (C(OH)–C–C–N with tert-alkyl or cyclic N) is 1. The van der Waals surface area contributed by atoms with Crippen LogP contribution in [0.4, 0.5) is 23.2 Å². The maximum absolute atomic E-state index is 15.7. The summed E-state index contributed by atoms with van der Waals surface area (Å²) in [5.74, 6) is -3.56. The number of benzene rings is 1. The summed E-state index contributed by atoms with van der Waals surface area (Å²) in [7, 11) is 0. The highest BCUT2D eigenvalue weighted by Gasteiger charge is 2.51. The quantitative estimate of drug-likeness (QED) is 0.239. The largest absolute Gasteiger partial charge is 0.408 e. The van der Waals surface area contributed by atoms with Crippen LogP contribution in [0.25, 0.3) is 0 Å². The Hall–Kier alpha value is -3.48. The zero-order valence-corrected chi connectivity index (χ0v) is 28.5. The molecule has 3 aliphatic rings. The van der Waals surface area contributed by atoms with E-state index in [1.807, 2.05) is 13.8 Å². The lowest BCUT2D eigenvalue weighted by Gasteiger charge is -2.42. The summed E-state index contributed by atoms with van der Waals surface area (Å²) < 4.78 is 58.0. The summed E-state index contributed by atoms with van der Waals surface area (Å²) in [6.07, 6.45) is 5.14. The van der Waals surface area contributed by atoms with Crippen LogP contribution in [-0.4, -0.2) is 68.4 Å². The van der Waals surface area contributed by atoms with Gasteiger partial charge in [0, 0.05) is 25.2 Å². The molecule has 5 rings (SSSR count). The van der Waals surface area contributed by atoms with Gasteiger partial charge in [-0.15, -0.1) is 0 Å². The number of halogens is 4. The maximum Gasteiger partial charge on any atom is 0.408 e. The van der Waals surface area contributed by atoms with E-state index < -0.39 is 66.8 Å². The van der Waals surface area contributed by atoms with Gasteiger partial charge in [0.2, 0.25) is 11.8 Å². The molecule has 3 N–H and O–H groups in total. The minimum Gasteiger partial charge on any atom is -0.391 e. The predicted molar refractivity (Wildman–Crippen MR) is 176 cm³/mol. The van der Waals surface area contributed by atoms with Crippen LogP contribution in [0.15, 0.2) is 30.5 Å². The number of rotatable bonds is 10. The molecule has 0 spiro atoms. The van der Waals surface area contributed by atoms with Gasteiger partial charge in [0.05, 0.1) is 17.7 Å². The van der Waals surface area contributed by atoms with Gasteiger partial charge in [-0.2, -0.15) is 18.3 Å². The molecule has 3 amide bonds. The number of aromatic nitrogens is 2. The summed E-state index contributed by atoms with van der Waals surface area (Å²) in [4.78, 5) is 41.8. The molecule has 2 heterocycles. The van der Waals surface area contributed by atoms with Gasteiger partial charge in [-0.25, -0.2) is 4.39 Å². The van der Waals surface area contributed by atoms with E-state index in [0.717, 1.165) is 70.3 Å². The van der Waals surface area contributed by atoms with Gasteiger partial charge in [-0.05, 0) is 62.3 Å². The van der Waals surface area contributed by atoms with Crippen molar-refractivity contribution >= 4 is 23.4 Å². The number of nitrogens with zero attached hydrogens (tertiary/aromatic N) is 3. The fourth-order valence-corrected chi connectivity index (χ4v) is 8.30. The molecule has 270 valence electrons. The molecule has 3 fully saturated rings. The number of amides is 3. The van der Waals surface area contributed by atoms with Crippen molar-refractivity contribution in [3.8, 4) is 0 Å². The molecule has 1 aromatic carbocycles. The van der Waals surface area contributed by atoms with Crippen LogP contribution >= 0.6 is 0 Å². The highest BCUT2D eigenvalue weighted by molar-refractivity contribution is 6.01. The second-order valence-corrected chi connectivity index (χ2v) is 14.5. The predicted octanol–water partition coefficient (Wildman–Crippen LogP) is 6.74. The third-order valence-corrected chi connectivity index (χ3v) is 10.8. The molecule has 4 atom stereocenters. The van der Waals surface area contributed by atoms with Crippen molar-refractivity contribution in [2.45, 2.75) is 128 Å². The van der Waals surface area contributed by atoms with E-state index in [0.29, 0.717) is 10.6 Å². The molecule has 49 heavy (non-hydrogen) atoms. The highest BCUT2D eigenvalue weighted by atomic mass is 19.4. The lowest BCUT2D eigenvalue weighted by Crippen LogP contribution is -2.53. The van der Waals surface area contributed by atoms with Crippen LogP contribution in [0.3, 0.4) is 0 Å². The van der Waals surface area contributed by atoms with Gasteiger partial charge in [-0.1, -0.05) is 70.3 Å². The van der Waals surface area contributed by atoms with Crippen LogP contribution in [0.1, 0.15) is 119 Å². The van der Waals surface area contributed by atoms with Crippen LogP contribution in [-0.2, 0) is 9.59 Å². The number of hydrogen-bond acceptors (Lipinski definition) is 5. The Kier molecular flexibility index (Phi) is 11.7. The number of nitrogens with one attached hydrogen (secondary N) is 2. The van der Waals surface area contributed by atoms with E-state index in [2.05, 4.69) is 15.7 Å². The van der Waals surface area contributed by atoms with E-state index in [4.69, 9.17) is 0 Å². The topological polar surface area (TPSA) is 117 Å². The fourth-order valence-electron chi connectivity index (χ4n) is 8.30. The Labute approximate surface area is 285 Å². The third-order valence-electron chi connectivity index (χ3n) is 10.8. The lowest BCUT2D eigenvalue weighted by molar-refractivity contribution is -0.183. The summed E-state index contributed by atoms with van der Waals surface area (Å²) in [6, 6.07) is 2.21. The molecule has 1 aliphatic heterocycles. The van der Waals surface area contributed by atoms with Crippen LogP contribution in [0.2, 0.25) is 0 Å². The Morgan fingerprint density at radius 3 is 2.10 bits per heavy atom. The lowest BCUT2D eigenvalue weighted by atomic mass is 9.66. The first kappa shape index (κ1) is 36.8. The number of alkyl halides is 3.